The van der Waals surface area contributed by atoms with Crippen LogP contribution in [0.2, 0.25) is 0 Å². The third kappa shape index (κ3) is 2.79. The molecule has 1 unspecified atom stereocenters. The van der Waals surface area contributed by atoms with E-state index in [0.717, 1.165) is 16.8 Å². The molecule has 0 aromatic heterocycles. The molecular weight excluding hydrogens is 246 g/mol. The molecule has 0 heterocycles. The Morgan fingerprint density at radius 3 is 2.30 bits per heavy atom. The van der Waals surface area contributed by atoms with Crippen LogP contribution >= 0.6 is 0 Å². The molecule has 1 N–H and O–H groups in total. The molecule has 0 amide bonds. The van der Waals surface area contributed by atoms with Gasteiger partial charge in [0.1, 0.15) is 6.07 Å². The smallest absolute Gasteiger partial charge is 0.101 e. The maximum Gasteiger partial charge on any atom is 0.101 e. The second-order valence-electron chi connectivity index (χ2n) is 4.71. The summed E-state index contributed by atoms with van der Waals surface area (Å²) in [5, 5.41) is 21.4. The van der Waals surface area contributed by atoms with Gasteiger partial charge in [0.15, 0.2) is 0 Å². The van der Waals surface area contributed by atoms with Crippen molar-refractivity contribution in [2.24, 2.45) is 0 Å². The van der Waals surface area contributed by atoms with Crippen LogP contribution in [0.15, 0.2) is 42.5 Å². The van der Waals surface area contributed by atoms with Gasteiger partial charge in [0.05, 0.1) is 22.9 Å². The van der Waals surface area contributed by atoms with Crippen LogP contribution in [0.5, 0.6) is 0 Å². The maximum atomic E-state index is 9.17. The van der Waals surface area contributed by atoms with Crippen LogP contribution in [-0.4, -0.2) is 0 Å². The predicted octanol–water partition coefficient (Wildman–Crippen LogP) is 3.91. The van der Waals surface area contributed by atoms with Crippen molar-refractivity contribution < 1.29 is 0 Å². The maximum absolute atomic E-state index is 9.17. The Kier molecular flexibility index (Phi) is 4.03. The van der Waals surface area contributed by atoms with Gasteiger partial charge in [0, 0.05) is 6.04 Å². The molecule has 0 saturated carbocycles. The fourth-order valence-corrected chi connectivity index (χ4v) is 2.10. The van der Waals surface area contributed by atoms with Gasteiger partial charge in [-0.05, 0) is 43.2 Å². The van der Waals surface area contributed by atoms with Crippen molar-refractivity contribution in [3.8, 4) is 12.1 Å². The Balaban J connectivity index is 2.26. The third-order valence-corrected chi connectivity index (χ3v) is 3.29. The summed E-state index contributed by atoms with van der Waals surface area (Å²) >= 11 is 0. The molecule has 0 radical (unpaired) electrons. The summed E-state index contributed by atoms with van der Waals surface area (Å²) < 4.78 is 0. The van der Waals surface area contributed by atoms with Gasteiger partial charge in [-0.15, -0.1) is 0 Å². The Morgan fingerprint density at radius 2 is 1.70 bits per heavy atom. The lowest BCUT2D eigenvalue weighted by atomic mass is 10.0. The SMILES string of the molecule is Cc1cccc(C#N)c1NC(C)c1ccc(C#N)cc1. The number of para-hydroxylation sites is 1. The van der Waals surface area contributed by atoms with E-state index in [1.54, 1.807) is 18.2 Å². The number of hydrogen-bond donors (Lipinski definition) is 1. The number of nitriles is 2. The van der Waals surface area contributed by atoms with E-state index in [2.05, 4.69) is 17.5 Å². The number of anilines is 1. The number of nitrogens with zero attached hydrogens (tertiary/aromatic N) is 2. The molecule has 0 fully saturated rings. The molecule has 2 rings (SSSR count). The molecule has 2 aromatic rings. The fraction of sp³-hybridized carbons (Fsp3) is 0.176. The molecule has 3 nitrogen and oxygen atoms in total. The molecule has 20 heavy (non-hydrogen) atoms. The van der Waals surface area contributed by atoms with Crippen LogP contribution in [0, 0.1) is 29.6 Å². The Labute approximate surface area is 119 Å². The van der Waals surface area contributed by atoms with Crippen LogP contribution < -0.4 is 5.32 Å². The first kappa shape index (κ1) is 13.6. The average molecular weight is 261 g/mol. The minimum Gasteiger partial charge on any atom is -0.377 e. The van der Waals surface area contributed by atoms with E-state index in [9.17, 15) is 0 Å². The quantitative estimate of drug-likeness (QED) is 0.911. The van der Waals surface area contributed by atoms with Gasteiger partial charge in [-0.3, -0.25) is 0 Å². The Morgan fingerprint density at radius 1 is 1.00 bits per heavy atom. The largest absolute Gasteiger partial charge is 0.377 e. The van der Waals surface area contributed by atoms with Gasteiger partial charge in [0.25, 0.3) is 0 Å². The van der Waals surface area contributed by atoms with Crippen molar-refractivity contribution in [2.45, 2.75) is 19.9 Å². The molecule has 0 aliphatic carbocycles. The van der Waals surface area contributed by atoms with Gasteiger partial charge in [-0.2, -0.15) is 10.5 Å². The van der Waals surface area contributed by atoms with E-state index in [1.165, 1.54) is 0 Å². The van der Waals surface area contributed by atoms with Gasteiger partial charge < -0.3 is 5.32 Å². The first-order valence-corrected chi connectivity index (χ1v) is 6.42. The Hall–Kier alpha value is -2.78. The first-order chi connectivity index (χ1) is 9.65. The molecule has 2 aromatic carbocycles. The highest BCUT2D eigenvalue weighted by Gasteiger charge is 2.10. The van der Waals surface area contributed by atoms with E-state index >= 15 is 0 Å². The van der Waals surface area contributed by atoms with Gasteiger partial charge in [-0.1, -0.05) is 24.3 Å². The highest BCUT2D eigenvalue weighted by molar-refractivity contribution is 5.63. The lowest BCUT2D eigenvalue weighted by Gasteiger charge is -2.18. The molecule has 3 heteroatoms. The van der Waals surface area contributed by atoms with Crippen LogP contribution in [0.1, 0.15) is 35.2 Å². The number of aryl methyl sites for hydroxylation is 1. The topological polar surface area (TPSA) is 59.6 Å². The second kappa shape index (κ2) is 5.91. The van der Waals surface area contributed by atoms with Gasteiger partial charge in [0.2, 0.25) is 0 Å². The summed E-state index contributed by atoms with van der Waals surface area (Å²) in [7, 11) is 0. The predicted molar refractivity (Wildman–Crippen MR) is 79.1 cm³/mol. The van der Waals surface area contributed by atoms with E-state index in [0.29, 0.717) is 11.1 Å². The number of rotatable bonds is 3. The molecule has 98 valence electrons. The summed E-state index contributed by atoms with van der Waals surface area (Å²) in [5.74, 6) is 0. The molecule has 0 bridgehead atoms. The molecule has 1 atom stereocenters. The van der Waals surface area contributed by atoms with E-state index in [1.807, 2.05) is 38.1 Å². The van der Waals surface area contributed by atoms with Gasteiger partial charge >= 0.3 is 0 Å². The van der Waals surface area contributed by atoms with Crippen molar-refractivity contribution in [1.29, 1.82) is 10.5 Å². The number of hydrogen-bond acceptors (Lipinski definition) is 3. The fourth-order valence-electron chi connectivity index (χ4n) is 2.10. The van der Waals surface area contributed by atoms with E-state index < -0.39 is 0 Å². The first-order valence-electron chi connectivity index (χ1n) is 6.42. The number of nitrogens with one attached hydrogen (secondary N) is 1. The monoisotopic (exact) mass is 261 g/mol. The summed E-state index contributed by atoms with van der Waals surface area (Å²) in [6, 6.07) is 17.5. The third-order valence-electron chi connectivity index (χ3n) is 3.29. The standard InChI is InChI=1S/C17H15N3/c1-12-4-3-5-16(11-19)17(12)20-13(2)15-8-6-14(10-18)7-9-15/h3-9,13,20H,1-2H3. The summed E-state index contributed by atoms with van der Waals surface area (Å²) in [6.45, 7) is 4.02. The van der Waals surface area contributed by atoms with Crippen LogP contribution in [-0.2, 0) is 0 Å². The number of benzene rings is 2. The van der Waals surface area contributed by atoms with Gasteiger partial charge in [-0.25, -0.2) is 0 Å². The van der Waals surface area contributed by atoms with E-state index in [4.69, 9.17) is 10.5 Å². The zero-order chi connectivity index (χ0) is 14.5. The van der Waals surface area contributed by atoms with E-state index in [-0.39, 0.29) is 6.04 Å². The normalized spacial score (nSPS) is 11.2. The van der Waals surface area contributed by atoms with Crippen LogP contribution in [0.4, 0.5) is 5.69 Å². The minimum atomic E-state index is 0.0657. The minimum absolute atomic E-state index is 0.0657. The van der Waals surface area contributed by atoms with Crippen molar-refractivity contribution in [2.75, 3.05) is 5.32 Å². The summed E-state index contributed by atoms with van der Waals surface area (Å²) in [6.07, 6.45) is 0. The van der Waals surface area contributed by atoms with Crippen LogP contribution in [0.3, 0.4) is 0 Å². The molecule has 0 spiro atoms. The average Bonchev–Trinajstić information content (AvgIpc) is 2.49. The summed E-state index contributed by atoms with van der Waals surface area (Å²) in [4.78, 5) is 0. The van der Waals surface area contributed by atoms with Crippen molar-refractivity contribution in [1.82, 2.24) is 0 Å². The van der Waals surface area contributed by atoms with Crippen molar-refractivity contribution >= 4 is 5.69 Å². The highest BCUT2D eigenvalue weighted by Crippen LogP contribution is 2.25. The lowest BCUT2D eigenvalue weighted by Crippen LogP contribution is -2.09. The Bertz CT molecular complexity index is 688. The highest BCUT2D eigenvalue weighted by atomic mass is 14.9. The molecule has 0 aliphatic heterocycles. The summed E-state index contributed by atoms with van der Waals surface area (Å²) in [5.41, 5.74) is 4.28. The molecular formula is C17H15N3. The molecule has 0 aliphatic rings. The lowest BCUT2D eigenvalue weighted by molar-refractivity contribution is 0.881. The zero-order valence-electron chi connectivity index (χ0n) is 11.5. The van der Waals surface area contributed by atoms with Crippen molar-refractivity contribution in [3.63, 3.8) is 0 Å². The second-order valence-corrected chi connectivity index (χ2v) is 4.71. The zero-order valence-corrected chi connectivity index (χ0v) is 11.5. The van der Waals surface area contributed by atoms with Crippen LogP contribution in [0.25, 0.3) is 0 Å². The van der Waals surface area contributed by atoms with Crippen molar-refractivity contribution in [3.05, 3.63) is 64.7 Å². The molecule has 0 saturated heterocycles.